The SMILES string of the molecule is CN1C(=O)N(CC(=O)c2ccccc2)C(=O)C1(C)C1(C)C[C@@H]2CC[C@@H](C2)C1. The van der Waals surface area contributed by atoms with E-state index in [9.17, 15) is 14.4 Å². The normalized spacial score (nSPS) is 35.8. The number of amides is 3. The van der Waals surface area contributed by atoms with Crippen molar-refractivity contribution in [2.45, 2.75) is 51.5 Å². The summed E-state index contributed by atoms with van der Waals surface area (Å²) in [7, 11) is 1.72. The van der Waals surface area contributed by atoms with Gasteiger partial charge in [-0.2, -0.15) is 0 Å². The molecular weight excluding hydrogens is 340 g/mol. The van der Waals surface area contributed by atoms with Crippen LogP contribution in [0.2, 0.25) is 0 Å². The summed E-state index contributed by atoms with van der Waals surface area (Å²) in [6.45, 7) is 3.89. The van der Waals surface area contributed by atoms with Gasteiger partial charge in [-0.05, 0) is 38.0 Å². The van der Waals surface area contributed by atoms with E-state index < -0.39 is 5.54 Å². The molecule has 5 heteroatoms. The van der Waals surface area contributed by atoms with E-state index >= 15 is 0 Å². The second kappa shape index (κ2) is 6.18. The third-order valence-corrected chi connectivity index (χ3v) is 7.55. The van der Waals surface area contributed by atoms with Crippen molar-refractivity contribution in [2.24, 2.45) is 17.3 Å². The van der Waals surface area contributed by atoms with Crippen molar-refractivity contribution in [1.29, 1.82) is 0 Å². The van der Waals surface area contributed by atoms with Crippen LogP contribution >= 0.6 is 0 Å². The standard InChI is InChI=1S/C22H28N2O3/c1-21(12-15-9-10-16(11-15)13-21)22(2)19(26)24(20(27)23(22)3)14-18(25)17-7-5-4-6-8-17/h4-8,15-16H,9-14H2,1-3H3/t15-,16+,21?,22?. The molecule has 0 spiro atoms. The molecule has 27 heavy (non-hydrogen) atoms. The highest BCUT2D eigenvalue weighted by Gasteiger charge is 2.63. The average Bonchev–Trinajstić information content (AvgIpc) is 3.09. The minimum absolute atomic E-state index is 0.190. The first kappa shape index (κ1) is 18.2. The van der Waals surface area contributed by atoms with Gasteiger partial charge in [0.15, 0.2) is 5.78 Å². The van der Waals surface area contributed by atoms with Crippen molar-refractivity contribution in [2.75, 3.05) is 13.6 Å². The number of Topliss-reactive ketones (excluding diaryl/α,β-unsaturated/α-hetero) is 1. The maximum atomic E-state index is 13.5. The third kappa shape index (κ3) is 2.62. The Morgan fingerprint density at radius 3 is 2.26 bits per heavy atom. The number of ketones is 1. The minimum Gasteiger partial charge on any atom is -0.312 e. The van der Waals surface area contributed by atoms with Crippen LogP contribution in [0.5, 0.6) is 0 Å². The summed E-state index contributed by atoms with van der Waals surface area (Å²) < 4.78 is 0. The minimum atomic E-state index is -0.887. The number of nitrogens with zero attached hydrogens (tertiary/aromatic N) is 2. The van der Waals surface area contributed by atoms with Crippen LogP contribution in [0.15, 0.2) is 30.3 Å². The average molecular weight is 368 g/mol. The lowest BCUT2D eigenvalue weighted by molar-refractivity contribution is -0.140. The molecule has 4 atom stereocenters. The number of hydrogen-bond acceptors (Lipinski definition) is 3. The van der Waals surface area contributed by atoms with E-state index in [1.807, 2.05) is 13.0 Å². The molecule has 0 aromatic heterocycles. The number of likely N-dealkylation sites (N-methyl/N-ethyl adjacent to an activating group) is 1. The lowest BCUT2D eigenvalue weighted by Crippen LogP contribution is -2.59. The molecule has 3 fully saturated rings. The Bertz CT molecular complexity index is 778. The van der Waals surface area contributed by atoms with Gasteiger partial charge in [-0.3, -0.25) is 14.5 Å². The number of benzene rings is 1. The summed E-state index contributed by atoms with van der Waals surface area (Å²) in [5, 5.41) is 0. The zero-order chi connectivity index (χ0) is 19.4. The van der Waals surface area contributed by atoms with Gasteiger partial charge in [0.05, 0.1) is 6.54 Å². The molecular formula is C22H28N2O3. The van der Waals surface area contributed by atoms with E-state index in [2.05, 4.69) is 6.92 Å². The molecule has 1 aliphatic heterocycles. The number of imide groups is 1. The number of fused-ring (bicyclic) bond motifs is 2. The largest absolute Gasteiger partial charge is 0.327 e. The van der Waals surface area contributed by atoms with Gasteiger partial charge in [-0.15, -0.1) is 0 Å². The molecule has 4 rings (SSSR count). The molecule has 3 aliphatic rings. The summed E-state index contributed by atoms with van der Waals surface area (Å²) in [6, 6.07) is 8.50. The van der Waals surface area contributed by atoms with Crippen LogP contribution in [0.25, 0.3) is 0 Å². The smallest absolute Gasteiger partial charge is 0.312 e. The molecule has 2 aliphatic carbocycles. The number of carbonyl (C=O) groups excluding carboxylic acids is 3. The molecule has 1 heterocycles. The Kier molecular flexibility index (Phi) is 4.17. The number of carbonyl (C=O) groups is 3. The van der Waals surface area contributed by atoms with Crippen molar-refractivity contribution in [3.05, 3.63) is 35.9 Å². The summed E-state index contributed by atoms with van der Waals surface area (Å²) in [5.41, 5.74) is -0.609. The summed E-state index contributed by atoms with van der Waals surface area (Å²) >= 11 is 0. The van der Waals surface area contributed by atoms with Crippen LogP contribution in [0.4, 0.5) is 4.79 Å². The Morgan fingerprint density at radius 1 is 1.07 bits per heavy atom. The Morgan fingerprint density at radius 2 is 1.67 bits per heavy atom. The molecule has 1 aromatic rings. The number of rotatable bonds is 4. The molecule has 0 radical (unpaired) electrons. The Labute approximate surface area is 160 Å². The van der Waals surface area contributed by atoms with Crippen molar-refractivity contribution in [3.63, 3.8) is 0 Å². The van der Waals surface area contributed by atoms with Crippen LogP contribution in [-0.2, 0) is 4.79 Å². The second-order valence-electron chi connectivity index (χ2n) is 9.11. The Balaban J connectivity index is 1.61. The molecule has 1 aromatic carbocycles. The van der Waals surface area contributed by atoms with Crippen molar-refractivity contribution >= 4 is 17.7 Å². The highest BCUT2D eigenvalue weighted by atomic mass is 16.2. The molecule has 5 nitrogen and oxygen atoms in total. The van der Waals surface area contributed by atoms with Gasteiger partial charge in [-0.1, -0.05) is 50.1 Å². The van der Waals surface area contributed by atoms with Gasteiger partial charge in [0, 0.05) is 18.0 Å². The van der Waals surface area contributed by atoms with E-state index in [1.165, 1.54) is 19.3 Å². The molecule has 0 N–H and O–H groups in total. The molecule has 2 unspecified atom stereocenters. The Hall–Kier alpha value is -2.17. The quantitative estimate of drug-likeness (QED) is 0.601. The molecule has 2 bridgehead atoms. The van der Waals surface area contributed by atoms with Gasteiger partial charge in [0.1, 0.15) is 5.54 Å². The second-order valence-corrected chi connectivity index (χ2v) is 9.11. The summed E-state index contributed by atoms with van der Waals surface area (Å²) in [6.07, 6.45) is 5.68. The monoisotopic (exact) mass is 368 g/mol. The maximum Gasteiger partial charge on any atom is 0.327 e. The third-order valence-electron chi connectivity index (χ3n) is 7.55. The van der Waals surface area contributed by atoms with Gasteiger partial charge in [0.2, 0.25) is 0 Å². The predicted molar refractivity (Wildman–Crippen MR) is 102 cm³/mol. The van der Waals surface area contributed by atoms with Crippen LogP contribution in [0.1, 0.15) is 56.3 Å². The van der Waals surface area contributed by atoms with E-state index in [1.54, 1.807) is 36.2 Å². The van der Waals surface area contributed by atoms with E-state index in [0.717, 1.165) is 17.7 Å². The van der Waals surface area contributed by atoms with Gasteiger partial charge < -0.3 is 4.90 Å². The predicted octanol–water partition coefficient (Wildman–Crippen LogP) is 3.74. The molecule has 3 amide bonds. The van der Waals surface area contributed by atoms with Crippen LogP contribution in [-0.4, -0.2) is 46.7 Å². The van der Waals surface area contributed by atoms with Crippen LogP contribution in [0, 0.1) is 17.3 Å². The van der Waals surface area contributed by atoms with Crippen molar-refractivity contribution < 1.29 is 14.4 Å². The maximum absolute atomic E-state index is 13.5. The van der Waals surface area contributed by atoms with Gasteiger partial charge in [-0.25, -0.2) is 4.79 Å². The van der Waals surface area contributed by atoms with Gasteiger partial charge in [0.25, 0.3) is 5.91 Å². The fourth-order valence-corrected chi connectivity index (χ4v) is 5.83. The highest BCUT2D eigenvalue weighted by Crippen LogP contribution is 2.57. The topological polar surface area (TPSA) is 57.7 Å². The first-order valence-electron chi connectivity index (χ1n) is 9.94. The lowest BCUT2D eigenvalue weighted by Gasteiger charge is -2.49. The van der Waals surface area contributed by atoms with Crippen molar-refractivity contribution in [1.82, 2.24) is 9.80 Å². The zero-order valence-corrected chi connectivity index (χ0v) is 16.4. The van der Waals surface area contributed by atoms with Crippen molar-refractivity contribution in [3.8, 4) is 0 Å². The lowest BCUT2D eigenvalue weighted by atomic mass is 9.59. The van der Waals surface area contributed by atoms with Crippen LogP contribution < -0.4 is 0 Å². The fourth-order valence-electron chi connectivity index (χ4n) is 5.83. The molecule has 1 saturated heterocycles. The molecule has 2 saturated carbocycles. The van der Waals surface area contributed by atoms with E-state index in [0.29, 0.717) is 17.4 Å². The first-order chi connectivity index (χ1) is 12.8. The zero-order valence-electron chi connectivity index (χ0n) is 16.4. The van der Waals surface area contributed by atoms with Crippen LogP contribution in [0.3, 0.4) is 0 Å². The summed E-state index contributed by atoms with van der Waals surface area (Å²) in [5.74, 6) is 0.885. The molecule has 144 valence electrons. The first-order valence-corrected chi connectivity index (χ1v) is 9.94. The number of urea groups is 1. The highest BCUT2D eigenvalue weighted by molar-refractivity contribution is 6.11. The van der Waals surface area contributed by atoms with E-state index in [-0.39, 0.29) is 29.7 Å². The summed E-state index contributed by atoms with van der Waals surface area (Å²) in [4.78, 5) is 41.8. The van der Waals surface area contributed by atoms with Gasteiger partial charge >= 0.3 is 6.03 Å². The van der Waals surface area contributed by atoms with E-state index in [4.69, 9.17) is 0 Å². The fraction of sp³-hybridized carbons (Fsp3) is 0.591. The number of hydrogen-bond donors (Lipinski definition) is 0.